The van der Waals surface area contributed by atoms with Crippen LogP contribution in [-0.4, -0.2) is 47.7 Å². The van der Waals surface area contributed by atoms with Crippen molar-refractivity contribution in [2.75, 3.05) is 19.7 Å². The van der Waals surface area contributed by atoms with Gasteiger partial charge in [-0.2, -0.15) is 0 Å². The van der Waals surface area contributed by atoms with Gasteiger partial charge in [0.05, 0.1) is 13.2 Å². The maximum atomic E-state index is 12.7. The molecule has 146 valence electrons. The van der Waals surface area contributed by atoms with Gasteiger partial charge in [-0.1, -0.05) is 42.5 Å². The lowest BCUT2D eigenvalue weighted by molar-refractivity contribution is -0.159. The molecular formula is C22H23NO5. The first-order valence-corrected chi connectivity index (χ1v) is 9.51. The molecule has 6 nitrogen and oxygen atoms in total. The molecule has 6 heteroatoms. The van der Waals surface area contributed by atoms with E-state index >= 15 is 0 Å². The largest absolute Gasteiger partial charge is 0.489 e. The van der Waals surface area contributed by atoms with E-state index in [1.54, 1.807) is 4.90 Å². The Balaban J connectivity index is 1.31. The minimum absolute atomic E-state index is 0.0314. The molecule has 0 aromatic heterocycles. The fourth-order valence-electron chi connectivity index (χ4n) is 3.62. The summed E-state index contributed by atoms with van der Waals surface area (Å²) in [5.74, 6) is -0.0565. The number of amides is 1. The van der Waals surface area contributed by atoms with Crippen LogP contribution in [0, 0.1) is 5.92 Å². The molecule has 0 radical (unpaired) electrons. The summed E-state index contributed by atoms with van der Waals surface area (Å²) in [6.45, 7) is 1.38. The van der Waals surface area contributed by atoms with Gasteiger partial charge in [0.1, 0.15) is 12.4 Å². The van der Waals surface area contributed by atoms with Crippen molar-refractivity contribution in [3.8, 4) is 5.75 Å². The van der Waals surface area contributed by atoms with Gasteiger partial charge >= 0.3 is 5.97 Å². The number of rotatable bonds is 6. The zero-order valence-electron chi connectivity index (χ0n) is 15.5. The van der Waals surface area contributed by atoms with Crippen LogP contribution >= 0.6 is 0 Å². The summed E-state index contributed by atoms with van der Waals surface area (Å²) < 4.78 is 11.0. The van der Waals surface area contributed by atoms with Gasteiger partial charge in [-0.3, -0.25) is 4.79 Å². The van der Waals surface area contributed by atoms with Gasteiger partial charge in [-0.25, -0.2) is 4.79 Å². The van der Waals surface area contributed by atoms with E-state index in [1.807, 2.05) is 54.6 Å². The van der Waals surface area contributed by atoms with Crippen molar-refractivity contribution in [1.29, 1.82) is 0 Å². The summed E-state index contributed by atoms with van der Waals surface area (Å²) in [5, 5.41) is 9.09. The molecule has 2 fully saturated rings. The smallest absolute Gasteiger partial charge is 0.334 e. The monoisotopic (exact) mass is 381 g/mol. The first kappa shape index (κ1) is 18.5. The Morgan fingerprint density at radius 1 is 1.11 bits per heavy atom. The number of carbonyl (C=O) groups excluding carboxylic acids is 1. The van der Waals surface area contributed by atoms with Crippen LogP contribution in [0.4, 0.5) is 0 Å². The van der Waals surface area contributed by atoms with Gasteiger partial charge in [-0.15, -0.1) is 0 Å². The molecule has 1 aliphatic heterocycles. The predicted molar refractivity (Wildman–Crippen MR) is 102 cm³/mol. The minimum atomic E-state index is -1.02. The van der Waals surface area contributed by atoms with Crippen molar-refractivity contribution in [3.63, 3.8) is 0 Å². The van der Waals surface area contributed by atoms with Crippen molar-refractivity contribution in [3.05, 3.63) is 65.7 Å². The Labute approximate surface area is 163 Å². The number of carboxylic acids is 1. The highest BCUT2D eigenvalue weighted by Gasteiger charge is 2.46. The zero-order valence-corrected chi connectivity index (χ0v) is 15.5. The van der Waals surface area contributed by atoms with Gasteiger partial charge in [0.25, 0.3) is 0 Å². The number of carbonyl (C=O) groups is 2. The van der Waals surface area contributed by atoms with Gasteiger partial charge in [0.2, 0.25) is 5.91 Å². The molecule has 2 aliphatic rings. The summed E-state index contributed by atoms with van der Waals surface area (Å²) in [5.41, 5.74) is 2.23. The topological polar surface area (TPSA) is 76.1 Å². The normalized spacial score (nSPS) is 23.9. The van der Waals surface area contributed by atoms with Crippen molar-refractivity contribution in [1.82, 2.24) is 4.90 Å². The molecule has 2 aromatic carbocycles. The molecule has 0 bridgehead atoms. The van der Waals surface area contributed by atoms with Crippen LogP contribution in [0.1, 0.15) is 23.5 Å². The molecule has 1 saturated carbocycles. The Bertz CT molecular complexity index is 836. The van der Waals surface area contributed by atoms with Gasteiger partial charge in [0.15, 0.2) is 6.10 Å². The number of morpholine rings is 1. The maximum Gasteiger partial charge on any atom is 0.334 e. The summed E-state index contributed by atoms with van der Waals surface area (Å²) in [7, 11) is 0. The number of ether oxygens (including phenoxy) is 2. The Kier molecular flexibility index (Phi) is 5.30. The summed E-state index contributed by atoms with van der Waals surface area (Å²) in [6.07, 6.45) is -0.117. The Hall–Kier alpha value is -2.86. The van der Waals surface area contributed by atoms with Crippen LogP contribution in [0.5, 0.6) is 5.75 Å². The van der Waals surface area contributed by atoms with E-state index in [9.17, 15) is 9.59 Å². The quantitative estimate of drug-likeness (QED) is 0.833. The van der Waals surface area contributed by atoms with Crippen LogP contribution in [0.3, 0.4) is 0 Å². The third kappa shape index (κ3) is 4.17. The number of carboxylic acid groups (broad SMARTS) is 1. The van der Waals surface area contributed by atoms with E-state index in [0.29, 0.717) is 13.2 Å². The molecular weight excluding hydrogens is 358 g/mol. The van der Waals surface area contributed by atoms with Crippen LogP contribution in [0.2, 0.25) is 0 Å². The number of nitrogens with zero attached hydrogens (tertiary/aromatic N) is 1. The molecule has 28 heavy (non-hydrogen) atoms. The molecule has 4 rings (SSSR count). The summed E-state index contributed by atoms with van der Waals surface area (Å²) in [6, 6.07) is 17.9. The fraction of sp³-hybridized carbons (Fsp3) is 0.364. The van der Waals surface area contributed by atoms with Gasteiger partial charge in [-0.05, 0) is 35.6 Å². The van der Waals surface area contributed by atoms with Crippen molar-refractivity contribution in [2.45, 2.75) is 25.0 Å². The van der Waals surface area contributed by atoms with E-state index in [1.165, 1.54) is 0 Å². The molecule has 1 amide bonds. The van der Waals surface area contributed by atoms with Crippen molar-refractivity contribution in [2.24, 2.45) is 5.92 Å². The van der Waals surface area contributed by atoms with E-state index in [-0.39, 0.29) is 30.9 Å². The maximum absolute atomic E-state index is 12.7. The minimum Gasteiger partial charge on any atom is -0.489 e. The second-order valence-electron chi connectivity index (χ2n) is 7.27. The third-order valence-electron chi connectivity index (χ3n) is 5.32. The van der Waals surface area contributed by atoms with Crippen LogP contribution in [-0.2, 0) is 20.9 Å². The van der Waals surface area contributed by atoms with E-state index in [4.69, 9.17) is 14.6 Å². The second-order valence-corrected chi connectivity index (χ2v) is 7.27. The molecule has 3 atom stereocenters. The van der Waals surface area contributed by atoms with E-state index in [0.717, 1.165) is 23.3 Å². The summed E-state index contributed by atoms with van der Waals surface area (Å²) >= 11 is 0. The average Bonchev–Trinajstić information content (AvgIpc) is 3.54. The number of hydrogen-bond donors (Lipinski definition) is 1. The summed E-state index contributed by atoms with van der Waals surface area (Å²) in [4.78, 5) is 25.4. The first-order valence-electron chi connectivity index (χ1n) is 9.51. The number of aliphatic carboxylic acids is 1. The standard InChI is InChI=1S/C22H23NO5/c24-21(23-10-11-27-20(13-23)22(25)26)19-12-18(19)16-6-8-17(9-7-16)28-14-15-4-2-1-3-5-15/h1-9,18-20H,10-14H2,(H,25,26)/t18-,19+,20-/m0/s1. The lowest BCUT2D eigenvalue weighted by Gasteiger charge is -2.31. The molecule has 1 N–H and O–H groups in total. The average molecular weight is 381 g/mol. The molecule has 2 aromatic rings. The molecule has 1 saturated heterocycles. The van der Waals surface area contributed by atoms with Crippen molar-refractivity contribution >= 4 is 11.9 Å². The molecule has 0 spiro atoms. The van der Waals surface area contributed by atoms with E-state index in [2.05, 4.69) is 0 Å². The first-order chi connectivity index (χ1) is 13.6. The highest BCUT2D eigenvalue weighted by atomic mass is 16.5. The van der Waals surface area contributed by atoms with E-state index < -0.39 is 12.1 Å². The van der Waals surface area contributed by atoms with Crippen LogP contribution in [0.25, 0.3) is 0 Å². The highest BCUT2D eigenvalue weighted by molar-refractivity contribution is 5.84. The van der Waals surface area contributed by atoms with Gasteiger partial charge < -0.3 is 19.5 Å². The van der Waals surface area contributed by atoms with Gasteiger partial charge in [0, 0.05) is 12.5 Å². The predicted octanol–water partition coefficient (Wildman–Crippen LogP) is 2.68. The fourth-order valence-corrected chi connectivity index (χ4v) is 3.62. The molecule has 1 aliphatic carbocycles. The molecule has 0 unspecified atom stereocenters. The Morgan fingerprint density at radius 3 is 2.57 bits per heavy atom. The highest BCUT2D eigenvalue weighted by Crippen LogP contribution is 2.48. The molecule has 1 heterocycles. The Morgan fingerprint density at radius 2 is 1.86 bits per heavy atom. The van der Waals surface area contributed by atoms with Crippen molar-refractivity contribution < 1.29 is 24.2 Å². The SMILES string of the molecule is O=C(O)[C@@H]1CN(C(=O)[C@@H]2C[C@H]2c2ccc(OCc3ccccc3)cc2)CCO1. The van der Waals surface area contributed by atoms with Crippen LogP contribution < -0.4 is 4.74 Å². The number of hydrogen-bond acceptors (Lipinski definition) is 4. The number of benzene rings is 2. The zero-order chi connectivity index (χ0) is 19.5. The van der Waals surface area contributed by atoms with Crippen LogP contribution in [0.15, 0.2) is 54.6 Å². The lowest BCUT2D eigenvalue weighted by atomic mass is 10.1. The second kappa shape index (κ2) is 8.02. The lowest BCUT2D eigenvalue weighted by Crippen LogP contribution is -2.49. The third-order valence-corrected chi connectivity index (χ3v) is 5.32.